The molecule has 2 aromatic carbocycles. The highest BCUT2D eigenvalue weighted by Gasteiger charge is 2.10. The number of carbonyl (C=O) groups excluding carboxylic acids is 2. The first-order valence-corrected chi connectivity index (χ1v) is 7.66. The summed E-state index contributed by atoms with van der Waals surface area (Å²) >= 11 is 0. The van der Waals surface area contributed by atoms with Gasteiger partial charge in [0.25, 0.3) is 0 Å². The number of hydrogen-bond donors (Lipinski definition) is 0. The van der Waals surface area contributed by atoms with Gasteiger partial charge in [-0.2, -0.15) is 5.26 Å². The Morgan fingerprint density at radius 2 is 1.64 bits per heavy atom. The molecule has 0 unspecified atom stereocenters. The van der Waals surface area contributed by atoms with E-state index in [4.69, 9.17) is 14.7 Å². The van der Waals surface area contributed by atoms with E-state index in [0.29, 0.717) is 16.9 Å². The molecule has 0 aliphatic carbocycles. The van der Waals surface area contributed by atoms with Gasteiger partial charge in [0.2, 0.25) is 0 Å². The number of ketones is 1. The van der Waals surface area contributed by atoms with Crippen LogP contribution < -0.4 is 4.74 Å². The second-order valence-corrected chi connectivity index (χ2v) is 5.14. The molecule has 2 rings (SSSR count). The van der Waals surface area contributed by atoms with Crippen molar-refractivity contribution in [2.24, 2.45) is 0 Å². The van der Waals surface area contributed by atoms with Gasteiger partial charge in [0, 0.05) is 12.0 Å². The van der Waals surface area contributed by atoms with Crippen LogP contribution in [0.2, 0.25) is 0 Å². The van der Waals surface area contributed by atoms with Crippen molar-refractivity contribution in [3.63, 3.8) is 0 Å². The van der Waals surface area contributed by atoms with E-state index in [9.17, 15) is 14.0 Å². The van der Waals surface area contributed by atoms with Gasteiger partial charge in [-0.15, -0.1) is 0 Å². The van der Waals surface area contributed by atoms with Crippen molar-refractivity contribution in [1.82, 2.24) is 0 Å². The van der Waals surface area contributed by atoms with E-state index in [1.807, 2.05) is 6.07 Å². The van der Waals surface area contributed by atoms with Crippen molar-refractivity contribution in [3.8, 4) is 11.8 Å². The largest absolute Gasteiger partial charge is 0.490 e. The highest BCUT2D eigenvalue weighted by Crippen LogP contribution is 2.11. The average molecular weight is 341 g/mol. The SMILES string of the molecule is N#Cc1ccc(OCCOC(=O)CCC(=O)c2ccc(F)cc2)cc1. The molecule has 25 heavy (non-hydrogen) atoms. The number of rotatable bonds is 8. The van der Waals surface area contributed by atoms with Crippen LogP contribution in [0.5, 0.6) is 5.75 Å². The molecule has 0 aliphatic heterocycles. The number of nitriles is 1. The number of carbonyl (C=O) groups is 2. The molecule has 0 aromatic heterocycles. The lowest BCUT2D eigenvalue weighted by Gasteiger charge is -2.07. The molecule has 2 aromatic rings. The minimum atomic E-state index is -0.501. The third kappa shape index (κ3) is 6.07. The van der Waals surface area contributed by atoms with E-state index in [0.717, 1.165) is 0 Å². The van der Waals surface area contributed by atoms with Crippen LogP contribution in [0.4, 0.5) is 4.39 Å². The molecular formula is C19H16FNO4. The molecule has 0 N–H and O–H groups in total. The zero-order valence-corrected chi connectivity index (χ0v) is 13.4. The van der Waals surface area contributed by atoms with Gasteiger partial charge in [-0.1, -0.05) is 0 Å². The Morgan fingerprint density at radius 1 is 0.960 bits per heavy atom. The molecule has 0 amide bonds. The average Bonchev–Trinajstić information content (AvgIpc) is 2.64. The first kappa shape index (κ1) is 18.1. The van der Waals surface area contributed by atoms with E-state index >= 15 is 0 Å². The highest BCUT2D eigenvalue weighted by molar-refractivity contribution is 5.97. The van der Waals surface area contributed by atoms with Gasteiger partial charge in [0.15, 0.2) is 5.78 Å². The number of hydrogen-bond acceptors (Lipinski definition) is 5. The van der Waals surface area contributed by atoms with Gasteiger partial charge < -0.3 is 9.47 Å². The van der Waals surface area contributed by atoms with Crippen molar-refractivity contribution in [2.75, 3.05) is 13.2 Å². The minimum absolute atomic E-state index is 0.000937. The summed E-state index contributed by atoms with van der Waals surface area (Å²) in [5, 5.41) is 8.69. The molecule has 6 heteroatoms. The highest BCUT2D eigenvalue weighted by atomic mass is 19.1. The molecule has 0 spiro atoms. The fraction of sp³-hybridized carbons (Fsp3) is 0.211. The fourth-order valence-electron chi connectivity index (χ4n) is 2.01. The third-order valence-electron chi connectivity index (χ3n) is 3.32. The summed E-state index contributed by atoms with van der Waals surface area (Å²) in [5.74, 6) is -0.593. The Balaban J connectivity index is 1.64. The van der Waals surface area contributed by atoms with E-state index in [1.54, 1.807) is 24.3 Å². The van der Waals surface area contributed by atoms with Crippen molar-refractivity contribution in [3.05, 3.63) is 65.5 Å². The van der Waals surface area contributed by atoms with Gasteiger partial charge in [-0.25, -0.2) is 4.39 Å². The molecule has 5 nitrogen and oxygen atoms in total. The predicted octanol–water partition coefficient (Wildman–Crippen LogP) is 3.28. The first-order valence-electron chi connectivity index (χ1n) is 7.66. The Bertz CT molecular complexity index is 764. The van der Waals surface area contributed by atoms with Crippen molar-refractivity contribution in [2.45, 2.75) is 12.8 Å². The Hall–Kier alpha value is -3.20. The van der Waals surface area contributed by atoms with Crippen LogP contribution >= 0.6 is 0 Å². The summed E-state index contributed by atoms with van der Waals surface area (Å²) in [5.41, 5.74) is 0.892. The number of benzene rings is 2. The zero-order chi connectivity index (χ0) is 18.1. The molecule has 0 atom stereocenters. The molecular weight excluding hydrogens is 325 g/mol. The lowest BCUT2D eigenvalue weighted by atomic mass is 10.1. The summed E-state index contributed by atoms with van der Waals surface area (Å²) in [4.78, 5) is 23.5. The monoisotopic (exact) mass is 341 g/mol. The predicted molar refractivity (Wildman–Crippen MR) is 87.6 cm³/mol. The summed E-state index contributed by atoms with van der Waals surface area (Å²) in [6.07, 6.45) is -0.0476. The maximum Gasteiger partial charge on any atom is 0.306 e. The second-order valence-electron chi connectivity index (χ2n) is 5.14. The third-order valence-corrected chi connectivity index (χ3v) is 3.32. The molecule has 0 aliphatic rings. The van der Waals surface area contributed by atoms with E-state index in [2.05, 4.69) is 0 Å². The lowest BCUT2D eigenvalue weighted by molar-refractivity contribution is -0.144. The van der Waals surface area contributed by atoms with Crippen LogP contribution in [-0.2, 0) is 9.53 Å². The van der Waals surface area contributed by atoms with E-state index in [1.165, 1.54) is 24.3 Å². The summed E-state index contributed by atoms with van der Waals surface area (Å²) < 4.78 is 23.1. The molecule has 0 bridgehead atoms. The number of halogens is 1. The van der Waals surface area contributed by atoms with Crippen LogP contribution in [0.1, 0.15) is 28.8 Å². The molecule has 0 heterocycles. The van der Waals surface area contributed by atoms with Crippen LogP contribution in [0.3, 0.4) is 0 Å². The minimum Gasteiger partial charge on any atom is -0.490 e. The van der Waals surface area contributed by atoms with Crippen LogP contribution in [0, 0.1) is 17.1 Å². The fourth-order valence-corrected chi connectivity index (χ4v) is 2.01. The van der Waals surface area contributed by atoms with Crippen LogP contribution in [0.25, 0.3) is 0 Å². The molecule has 0 saturated heterocycles. The maximum absolute atomic E-state index is 12.8. The summed E-state index contributed by atoms with van der Waals surface area (Å²) in [6, 6.07) is 13.7. The normalized spacial score (nSPS) is 9.92. The molecule has 0 radical (unpaired) electrons. The summed E-state index contributed by atoms with van der Waals surface area (Å²) in [6.45, 7) is 0.229. The maximum atomic E-state index is 12.8. The Morgan fingerprint density at radius 3 is 2.28 bits per heavy atom. The molecule has 128 valence electrons. The van der Waals surface area contributed by atoms with E-state index < -0.39 is 11.8 Å². The van der Waals surface area contributed by atoms with Crippen molar-refractivity contribution in [1.29, 1.82) is 5.26 Å². The number of nitrogens with zero attached hydrogens (tertiary/aromatic N) is 1. The van der Waals surface area contributed by atoms with Gasteiger partial charge in [-0.3, -0.25) is 9.59 Å². The Kier molecular flexibility index (Phi) is 6.66. The molecule has 0 fully saturated rings. The van der Waals surface area contributed by atoms with E-state index in [-0.39, 0.29) is 31.8 Å². The van der Waals surface area contributed by atoms with Gasteiger partial charge in [-0.05, 0) is 48.5 Å². The van der Waals surface area contributed by atoms with Crippen LogP contribution in [-0.4, -0.2) is 25.0 Å². The van der Waals surface area contributed by atoms with Crippen molar-refractivity contribution < 1.29 is 23.5 Å². The number of ether oxygens (including phenoxy) is 2. The number of esters is 1. The molecule has 0 saturated carbocycles. The Labute approximate surface area is 144 Å². The van der Waals surface area contributed by atoms with Gasteiger partial charge >= 0.3 is 5.97 Å². The quantitative estimate of drug-likeness (QED) is 0.418. The summed E-state index contributed by atoms with van der Waals surface area (Å²) in [7, 11) is 0. The number of Topliss-reactive ketones (excluding diaryl/α,β-unsaturated/α-hetero) is 1. The van der Waals surface area contributed by atoms with Crippen LogP contribution in [0.15, 0.2) is 48.5 Å². The zero-order valence-electron chi connectivity index (χ0n) is 13.4. The standard InChI is InChI=1S/C19H16FNO4/c20-16-5-3-15(4-6-16)18(22)9-10-19(23)25-12-11-24-17-7-1-14(13-21)2-8-17/h1-8H,9-12H2. The van der Waals surface area contributed by atoms with Gasteiger partial charge in [0.1, 0.15) is 24.8 Å². The second kappa shape index (κ2) is 9.18. The van der Waals surface area contributed by atoms with Crippen molar-refractivity contribution >= 4 is 11.8 Å². The first-order chi connectivity index (χ1) is 12.1. The topological polar surface area (TPSA) is 76.4 Å². The smallest absolute Gasteiger partial charge is 0.306 e. The van der Waals surface area contributed by atoms with Gasteiger partial charge in [0.05, 0.1) is 18.1 Å². The lowest BCUT2D eigenvalue weighted by Crippen LogP contribution is -2.13.